The number of nitrogens with one attached hydrogen (secondary N) is 1. The van der Waals surface area contributed by atoms with Gasteiger partial charge in [0.05, 0.1) is 0 Å². The Morgan fingerprint density at radius 1 is 1.18 bits per heavy atom. The van der Waals surface area contributed by atoms with Crippen LogP contribution in [0.1, 0.15) is 47.4 Å². The van der Waals surface area contributed by atoms with Crippen molar-refractivity contribution in [2.45, 2.75) is 53.0 Å². The third kappa shape index (κ3) is 4.15. The lowest BCUT2D eigenvalue weighted by Gasteiger charge is -2.21. The lowest BCUT2D eigenvalue weighted by molar-refractivity contribution is 0.538. The highest BCUT2D eigenvalue weighted by Crippen LogP contribution is 2.23. The molecule has 4 heteroatoms. The highest BCUT2D eigenvalue weighted by Gasteiger charge is 2.19. The molecular formula is C13H22ClN3. The molecule has 0 aliphatic heterocycles. The van der Waals surface area contributed by atoms with Gasteiger partial charge in [-0.1, -0.05) is 46.2 Å². The number of aromatic nitrogens is 2. The van der Waals surface area contributed by atoms with Gasteiger partial charge in [0.1, 0.15) is 16.8 Å². The summed E-state index contributed by atoms with van der Waals surface area (Å²) in [7, 11) is 0. The number of anilines is 1. The minimum atomic E-state index is -0.0948. The predicted molar refractivity (Wildman–Crippen MR) is 73.7 cm³/mol. The van der Waals surface area contributed by atoms with Gasteiger partial charge in [0.15, 0.2) is 0 Å². The van der Waals surface area contributed by atoms with E-state index >= 15 is 0 Å². The molecule has 17 heavy (non-hydrogen) atoms. The maximum atomic E-state index is 6.03. The summed E-state index contributed by atoms with van der Waals surface area (Å²) >= 11 is 6.03. The van der Waals surface area contributed by atoms with Gasteiger partial charge in [0.25, 0.3) is 0 Å². The molecule has 3 nitrogen and oxygen atoms in total. The number of nitrogens with zero attached hydrogens (tertiary/aromatic N) is 2. The zero-order valence-electron chi connectivity index (χ0n) is 11.5. The minimum absolute atomic E-state index is 0.0948. The normalized spacial score (nSPS) is 13.9. The van der Waals surface area contributed by atoms with Crippen LogP contribution in [0.4, 0.5) is 5.82 Å². The monoisotopic (exact) mass is 255 g/mol. The van der Waals surface area contributed by atoms with E-state index in [9.17, 15) is 0 Å². The van der Waals surface area contributed by atoms with Crippen LogP contribution in [-0.4, -0.2) is 16.0 Å². The third-order valence-electron chi connectivity index (χ3n) is 2.74. The molecule has 1 aromatic rings. The van der Waals surface area contributed by atoms with Crippen LogP contribution in [0, 0.1) is 5.92 Å². The molecule has 0 amide bonds. The fourth-order valence-corrected chi connectivity index (χ4v) is 1.41. The van der Waals surface area contributed by atoms with E-state index in [2.05, 4.69) is 56.8 Å². The Bertz CT molecular complexity index is 383. The second kappa shape index (κ2) is 5.21. The Balaban J connectivity index is 2.98. The van der Waals surface area contributed by atoms with Crippen LogP contribution in [0.3, 0.4) is 0 Å². The standard InChI is InChI=1S/C13H22ClN3/c1-8(2)9(3)15-11-7-10(14)16-12(17-11)13(4,5)6/h7-9H,1-6H3,(H,15,16,17). The van der Waals surface area contributed by atoms with Gasteiger partial charge in [-0.15, -0.1) is 0 Å². The summed E-state index contributed by atoms with van der Waals surface area (Å²) < 4.78 is 0. The summed E-state index contributed by atoms with van der Waals surface area (Å²) in [6, 6.07) is 2.13. The maximum Gasteiger partial charge on any atom is 0.137 e. The van der Waals surface area contributed by atoms with Gasteiger partial charge in [-0.2, -0.15) is 0 Å². The van der Waals surface area contributed by atoms with Crippen LogP contribution < -0.4 is 5.32 Å². The van der Waals surface area contributed by atoms with E-state index in [4.69, 9.17) is 11.6 Å². The number of hydrogen-bond donors (Lipinski definition) is 1. The van der Waals surface area contributed by atoms with Crippen LogP contribution in [-0.2, 0) is 5.41 Å². The second-order valence-electron chi connectivity index (χ2n) is 5.83. The molecule has 1 aromatic heterocycles. The van der Waals surface area contributed by atoms with E-state index in [-0.39, 0.29) is 5.41 Å². The molecule has 0 spiro atoms. The maximum absolute atomic E-state index is 6.03. The van der Waals surface area contributed by atoms with Crippen molar-refractivity contribution in [3.8, 4) is 0 Å². The quantitative estimate of drug-likeness (QED) is 0.833. The van der Waals surface area contributed by atoms with Gasteiger partial charge in [0, 0.05) is 17.5 Å². The summed E-state index contributed by atoms with van der Waals surface area (Å²) in [6.45, 7) is 12.7. The highest BCUT2D eigenvalue weighted by molar-refractivity contribution is 6.29. The van der Waals surface area contributed by atoms with E-state index < -0.39 is 0 Å². The average molecular weight is 256 g/mol. The zero-order chi connectivity index (χ0) is 13.2. The summed E-state index contributed by atoms with van der Waals surface area (Å²) in [5.74, 6) is 2.11. The van der Waals surface area contributed by atoms with Gasteiger partial charge in [-0.3, -0.25) is 0 Å². The van der Waals surface area contributed by atoms with Gasteiger partial charge >= 0.3 is 0 Å². The SMILES string of the molecule is CC(C)C(C)Nc1cc(Cl)nc(C(C)(C)C)n1. The van der Waals surface area contributed by atoms with Gasteiger partial charge in [-0.05, 0) is 12.8 Å². The first-order valence-electron chi connectivity index (χ1n) is 6.01. The molecule has 1 heterocycles. The fraction of sp³-hybridized carbons (Fsp3) is 0.692. The van der Waals surface area contributed by atoms with Crippen LogP contribution in [0.5, 0.6) is 0 Å². The lowest BCUT2D eigenvalue weighted by atomic mass is 9.96. The molecule has 96 valence electrons. The molecule has 0 aliphatic rings. The van der Waals surface area contributed by atoms with Gasteiger partial charge in [-0.25, -0.2) is 9.97 Å². The third-order valence-corrected chi connectivity index (χ3v) is 2.93. The molecule has 1 N–H and O–H groups in total. The first-order chi connectivity index (χ1) is 7.70. The molecule has 0 saturated carbocycles. The van der Waals surface area contributed by atoms with E-state index in [1.54, 1.807) is 6.07 Å². The van der Waals surface area contributed by atoms with Crippen molar-refractivity contribution in [2.75, 3.05) is 5.32 Å². The average Bonchev–Trinajstić information content (AvgIpc) is 2.15. The Labute approximate surface area is 109 Å². The molecule has 1 rings (SSSR count). The van der Waals surface area contributed by atoms with Crippen molar-refractivity contribution in [2.24, 2.45) is 5.92 Å². The lowest BCUT2D eigenvalue weighted by Crippen LogP contribution is -2.24. The summed E-state index contributed by atoms with van der Waals surface area (Å²) in [5.41, 5.74) is -0.0948. The van der Waals surface area contributed by atoms with Crippen molar-refractivity contribution in [3.05, 3.63) is 17.0 Å². The van der Waals surface area contributed by atoms with E-state index in [0.29, 0.717) is 17.1 Å². The molecule has 0 aliphatic carbocycles. The molecule has 1 atom stereocenters. The molecule has 0 saturated heterocycles. The smallest absolute Gasteiger partial charge is 0.137 e. The number of halogens is 1. The van der Waals surface area contributed by atoms with Crippen LogP contribution in [0.2, 0.25) is 5.15 Å². The van der Waals surface area contributed by atoms with Crippen molar-refractivity contribution in [3.63, 3.8) is 0 Å². The fourth-order valence-electron chi connectivity index (χ4n) is 1.23. The minimum Gasteiger partial charge on any atom is -0.367 e. The molecule has 0 radical (unpaired) electrons. The van der Waals surface area contributed by atoms with Crippen molar-refractivity contribution in [1.82, 2.24) is 9.97 Å². The summed E-state index contributed by atoms with van der Waals surface area (Å²) in [5, 5.41) is 3.85. The highest BCUT2D eigenvalue weighted by atomic mass is 35.5. The van der Waals surface area contributed by atoms with Crippen molar-refractivity contribution in [1.29, 1.82) is 0 Å². The number of rotatable bonds is 3. The Kier molecular flexibility index (Phi) is 4.36. The zero-order valence-corrected chi connectivity index (χ0v) is 12.3. The molecular weight excluding hydrogens is 234 g/mol. The van der Waals surface area contributed by atoms with E-state index in [1.807, 2.05) is 0 Å². The van der Waals surface area contributed by atoms with Gasteiger partial charge in [0.2, 0.25) is 0 Å². The molecule has 0 aromatic carbocycles. The topological polar surface area (TPSA) is 37.8 Å². The Morgan fingerprint density at radius 2 is 1.76 bits per heavy atom. The summed E-state index contributed by atoms with van der Waals surface area (Å²) in [6.07, 6.45) is 0. The largest absolute Gasteiger partial charge is 0.367 e. The van der Waals surface area contributed by atoms with E-state index in [0.717, 1.165) is 11.6 Å². The summed E-state index contributed by atoms with van der Waals surface area (Å²) in [4.78, 5) is 8.79. The second-order valence-corrected chi connectivity index (χ2v) is 6.21. The van der Waals surface area contributed by atoms with Crippen LogP contribution in [0.15, 0.2) is 6.07 Å². The Hall–Kier alpha value is -0.830. The predicted octanol–water partition coefficient (Wildman–Crippen LogP) is 3.88. The molecule has 0 bridgehead atoms. The van der Waals surface area contributed by atoms with Crippen molar-refractivity contribution < 1.29 is 0 Å². The molecule has 0 fully saturated rings. The van der Waals surface area contributed by atoms with Gasteiger partial charge < -0.3 is 5.32 Å². The Morgan fingerprint density at radius 3 is 2.24 bits per heavy atom. The first-order valence-corrected chi connectivity index (χ1v) is 6.39. The van der Waals surface area contributed by atoms with Crippen LogP contribution in [0.25, 0.3) is 0 Å². The van der Waals surface area contributed by atoms with Crippen LogP contribution >= 0.6 is 11.6 Å². The molecule has 1 unspecified atom stereocenters. The first kappa shape index (κ1) is 14.2. The van der Waals surface area contributed by atoms with Crippen molar-refractivity contribution >= 4 is 17.4 Å². The van der Waals surface area contributed by atoms with E-state index in [1.165, 1.54) is 0 Å². The number of hydrogen-bond acceptors (Lipinski definition) is 3.